The Morgan fingerprint density at radius 3 is 2.95 bits per heavy atom. The first-order valence-electron chi connectivity index (χ1n) is 8.46. The van der Waals surface area contributed by atoms with Gasteiger partial charge in [0.15, 0.2) is 0 Å². The number of carbonyl (C=O) groups is 1. The molecule has 1 N–H and O–H groups in total. The zero-order chi connectivity index (χ0) is 14.1. The van der Waals surface area contributed by atoms with Crippen LogP contribution in [0.3, 0.4) is 0 Å². The molecule has 114 valence electrons. The van der Waals surface area contributed by atoms with Gasteiger partial charge >= 0.3 is 0 Å². The molecule has 3 heterocycles. The van der Waals surface area contributed by atoms with Gasteiger partial charge < -0.3 is 5.32 Å². The van der Waals surface area contributed by atoms with Gasteiger partial charge in [-0.05, 0) is 44.6 Å². The van der Waals surface area contributed by atoms with E-state index in [1.54, 1.807) is 0 Å². The Kier molecular flexibility index (Phi) is 4.32. The molecule has 3 rings (SSSR count). The SMILES string of the molecule is CCCNC(=O)[C@H](C)N1C[C@@H]2CN3CCCC[C@@H]3[C@H]2C1. The monoisotopic (exact) mass is 279 g/mol. The van der Waals surface area contributed by atoms with Gasteiger partial charge in [0.05, 0.1) is 6.04 Å². The minimum Gasteiger partial charge on any atom is -0.355 e. The van der Waals surface area contributed by atoms with E-state index >= 15 is 0 Å². The average Bonchev–Trinajstić information content (AvgIpc) is 3.01. The van der Waals surface area contributed by atoms with Crippen molar-refractivity contribution in [1.29, 1.82) is 0 Å². The van der Waals surface area contributed by atoms with E-state index in [0.717, 1.165) is 43.9 Å². The summed E-state index contributed by atoms with van der Waals surface area (Å²) in [5.74, 6) is 1.84. The third-order valence-electron chi connectivity index (χ3n) is 5.62. The highest BCUT2D eigenvalue weighted by Crippen LogP contribution is 2.40. The number of nitrogens with zero attached hydrogens (tertiary/aromatic N) is 2. The summed E-state index contributed by atoms with van der Waals surface area (Å²) < 4.78 is 0. The molecular weight excluding hydrogens is 250 g/mol. The first kappa shape index (κ1) is 14.3. The van der Waals surface area contributed by atoms with Crippen molar-refractivity contribution in [2.24, 2.45) is 11.8 Å². The normalized spacial score (nSPS) is 35.6. The van der Waals surface area contributed by atoms with Crippen molar-refractivity contribution >= 4 is 5.91 Å². The molecule has 0 aromatic rings. The van der Waals surface area contributed by atoms with Crippen molar-refractivity contribution < 1.29 is 4.79 Å². The Morgan fingerprint density at radius 1 is 1.30 bits per heavy atom. The molecule has 1 amide bonds. The van der Waals surface area contributed by atoms with E-state index < -0.39 is 0 Å². The maximum absolute atomic E-state index is 12.1. The molecule has 0 aromatic heterocycles. The number of rotatable bonds is 4. The Morgan fingerprint density at radius 2 is 2.15 bits per heavy atom. The molecule has 4 atom stereocenters. The molecule has 3 fully saturated rings. The lowest BCUT2D eigenvalue weighted by Gasteiger charge is -2.34. The van der Waals surface area contributed by atoms with Gasteiger partial charge in [0.2, 0.25) is 5.91 Å². The zero-order valence-electron chi connectivity index (χ0n) is 13.0. The van der Waals surface area contributed by atoms with Gasteiger partial charge in [-0.2, -0.15) is 0 Å². The zero-order valence-corrected chi connectivity index (χ0v) is 13.0. The quantitative estimate of drug-likeness (QED) is 0.843. The van der Waals surface area contributed by atoms with Gasteiger partial charge in [-0.1, -0.05) is 13.3 Å². The number of fused-ring (bicyclic) bond motifs is 3. The second-order valence-electron chi connectivity index (χ2n) is 6.90. The Balaban J connectivity index is 1.56. The van der Waals surface area contributed by atoms with Crippen LogP contribution in [0.1, 0.15) is 39.5 Å². The molecule has 3 saturated heterocycles. The number of hydrogen-bond donors (Lipinski definition) is 1. The van der Waals surface area contributed by atoms with Gasteiger partial charge in [-0.25, -0.2) is 0 Å². The summed E-state index contributed by atoms with van der Waals surface area (Å²) in [4.78, 5) is 17.3. The minimum atomic E-state index is 0.0455. The molecule has 0 bridgehead atoms. The fraction of sp³-hybridized carbons (Fsp3) is 0.938. The lowest BCUT2D eigenvalue weighted by atomic mass is 9.90. The van der Waals surface area contributed by atoms with Gasteiger partial charge in [0.1, 0.15) is 0 Å². The second kappa shape index (κ2) is 6.02. The van der Waals surface area contributed by atoms with Crippen LogP contribution >= 0.6 is 0 Å². The van der Waals surface area contributed by atoms with Crippen molar-refractivity contribution in [3.05, 3.63) is 0 Å². The van der Waals surface area contributed by atoms with E-state index in [1.165, 1.54) is 32.4 Å². The number of amides is 1. The molecule has 0 aromatic carbocycles. The van der Waals surface area contributed by atoms with E-state index in [9.17, 15) is 4.79 Å². The molecule has 3 aliphatic rings. The molecule has 0 aliphatic carbocycles. The first-order valence-corrected chi connectivity index (χ1v) is 8.46. The molecule has 4 heteroatoms. The highest BCUT2D eigenvalue weighted by atomic mass is 16.2. The largest absolute Gasteiger partial charge is 0.355 e. The van der Waals surface area contributed by atoms with Crippen LogP contribution < -0.4 is 5.32 Å². The van der Waals surface area contributed by atoms with E-state index in [0.29, 0.717) is 0 Å². The van der Waals surface area contributed by atoms with Gasteiger partial charge in [-0.3, -0.25) is 14.6 Å². The second-order valence-corrected chi connectivity index (χ2v) is 6.90. The summed E-state index contributed by atoms with van der Waals surface area (Å²) in [6.07, 6.45) is 5.18. The minimum absolute atomic E-state index is 0.0455. The number of piperidine rings is 1. The molecule has 20 heavy (non-hydrogen) atoms. The highest BCUT2D eigenvalue weighted by molar-refractivity contribution is 5.81. The van der Waals surface area contributed by atoms with Crippen molar-refractivity contribution in [2.75, 3.05) is 32.7 Å². The highest BCUT2D eigenvalue weighted by Gasteiger charge is 2.48. The summed E-state index contributed by atoms with van der Waals surface area (Å²) >= 11 is 0. The van der Waals surface area contributed by atoms with Crippen LogP contribution in [0.4, 0.5) is 0 Å². The summed E-state index contributed by atoms with van der Waals surface area (Å²) in [6.45, 7) is 9.82. The van der Waals surface area contributed by atoms with Gasteiger partial charge in [-0.15, -0.1) is 0 Å². The van der Waals surface area contributed by atoms with Crippen LogP contribution in [-0.4, -0.2) is 60.5 Å². The molecule has 0 unspecified atom stereocenters. The average molecular weight is 279 g/mol. The fourth-order valence-corrected chi connectivity index (χ4v) is 4.47. The molecule has 4 nitrogen and oxygen atoms in total. The number of nitrogens with one attached hydrogen (secondary N) is 1. The summed E-state index contributed by atoms with van der Waals surface area (Å²) in [5, 5.41) is 3.04. The summed E-state index contributed by atoms with van der Waals surface area (Å²) in [6, 6.07) is 0.855. The van der Waals surface area contributed by atoms with Crippen LogP contribution in [-0.2, 0) is 4.79 Å². The Hall–Kier alpha value is -0.610. The van der Waals surface area contributed by atoms with E-state index in [2.05, 4.69) is 29.0 Å². The smallest absolute Gasteiger partial charge is 0.237 e. The maximum atomic E-state index is 12.1. The lowest BCUT2D eigenvalue weighted by molar-refractivity contribution is -0.125. The van der Waals surface area contributed by atoms with Crippen LogP contribution in [0.5, 0.6) is 0 Å². The van der Waals surface area contributed by atoms with Crippen molar-refractivity contribution in [3.8, 4) is 0 Å². The predicted octanol–water partition coefficient (Wildman–Crippen LogP) is 1.32. The topological polar surface area (TPSA) is 35.6 Å². The lowest BCUT2D eigenvalue weighted by Crippen LogP contribution is -2.46. The number of hydrogen-bond acceptors (Lipinski definition) is 3. The van der Waals surface area contributed by atoms with E-state index in [4.69, 9.17) is 0 Å². The van der Waals surface area contributed by atoms with Gasteiger partial charge in [0, 0.05) is 32.2 Å². The third-order valence-corrected chi connectivity index (χ3v) is 5.62. The summed E-state index contributed by atoms with van der Waals surface area (Å²) in [5.41, 5.74) is 0. The van der Waals surface area contributed by atoms with Crippen LogP contribution in [0.2, 0.25) is 0 Å². The van der Waals surface area contributed by atoms with Crippen molar-refractivity contribution in [2.45, 2.75) is 51.6 Å². The molecular formula is C16H29N3O. The van der Waals surface area contributed by atoms with Crippen molar-refractivity contribution in [1.82, 2.24) is 15.1 Å². The first-order chi connectivity index (χ1) is 9.70. The Labute approximate surface area is 122 Å². The Bertz CT molecular complexity index is 360. The van der Waals surface area contributed by atoms with E-state index in [-0.39, 0.29) is 11.9 Å². The maximum Gasteiger partial charge on any atom is 0.237 e. The van der Waals surface area contributed by atoms with E-state index in [1.807, 2.05) is 0 Å². The number of carbonyl (C=O) groups excluding carboxylic acids is 1. The molecule has 0 saturated carbocycles. The predicted molar refractivity (Wildman–Crippen MR) is 80.5 cm³/mol. The number of likely N-dealkylation sites (tertiary alicyclic amines) is 1. The third kappa shape index (κ3) is 2.60. The fourth-order valence-electron chi connectivity index (χ4n) is 4.47. The molecule has 3 aliphatic heterocycles. The molecule has 0 spiro atoms. The van der Waals surface area contributed by atoms with Gasteiger partial charge in [0.25, 0.3) is 0 Å². The summed E-state index contributed by atoms with van der Waals surface area (Å²) in [7, 11) is 0. The van der Waals surface area contributed by atoms with Crippen molar-refractivity contribution in [3.63, 3.8) is 0 Å². The standard InChI is InChI=1S/C16H29N3O/c1-3-7-17-16(20)12(2)19-10-13-9-18-8-5-4-6-15(18)14(13)11-19/h12-15H,3-11H2,1-2H3,(H,17,20)/t12-,13-,14-,15+/m0/s1. The van der Waals surface area contributed by atoms with Crippen LogP contribution in [0.15, 0.2) is 0 Å². The van der Waals surface area contributed by atoms with Crippen LogP contribution in [0, 0.1) is 11.8 Å². The van der Waals surface area contributed by atoms with Crippen LogP contribution in [0.25, 0.3) is 0 Å². The molecule has 0 radical (unpaired) electrons.